The second-order valence-electron chi connectivity index (χ2n) is 6.05. The first kappa shape index (κ1) is 22.0. The molecule has 0 aliphatic carbocycles. The van der Waals surface area contributed by atoms with E-state index in [0.29, 0.717) is 12.1 Å². The van der Waals surface area contributed by atoms with Gasteiger partial charge < -0.3 is 15.5 Å². The Morgan fingerprint density at radius 3 is 2.79 bits per heavy atom. The van der Waals surface area contributed by atoms with Gasteiger partial charge in [-0.3, -0.25) is 4.99 Å². The molecule has 2 N–H and O–H groups in total. The third kappa shape index (κ3) is 7.88. The highest BCUT2D eigenvalue weighted by Crippen LogP contribution is 2.20. The Labute approximate surface area is 171 Å². The summed E-state index contributed by atoms with van der Waals surface area (Å²) in [5.74, 6) is 2.02. The number of hydrogen-bond acceptors (Lipinski definition) is 5. The quantitative estimate of drug-likeness (QED) is 0.205. The standard InChI is InChI=1S/C16H29N5S2.HI/c1-13(2)21-9-5-14(6-10-21)20-15(17-3)18-7-4-11-22-16-19-8-12-23-16;/h8,12-14H,4-7,9-11H2,1-3H3,(H2,17,18,20);1H. The third-order valence-corrected chi connectivity index (χ3v) is 6.13. The molecule has 0 atom stereocenters. The summed E-state index contributed by atoms with van der Waals surface area (Å²) in [6.07, 6.45) is 5.36. The van der Waals surface area contributed by atoms with Crippen molar-refractivity contribution in [1.82, 2.24) is 20.5 Å². The number of halogens is 1. The fourth-order valence-corrected chi connectivity index (χ4v) is 4.32. The average molecular weight is 483 g/mol. The van der Waals surface area contributed by atoms with Gasteiger partial charge in [-0.05, 0) is 33.1 Å². The van der Waals surface area contributed by atoms with E-state index < -0.39 is 0 Å². The Balaban J connectivity index is 0.00000288. The van der Waals surface area contributed by atoms with Crippen LogP contribution >= 0.6 is 47.1 Å². The molecule has 1 aliphatic heterocycles. The van der Waals surface area contributed by atoms with Crippen LogP contribution in [0.1, 0.15) is 33.1 Å². The number of aromatic nitrogens is 1. The highest BCUT2D eigenvalue weighted by Gasteiger charge is 2.21. The largest absolute Gasteiger partial charge is 0.356 e. The predicted octanol–water partition coefficient (Wildman–Crippen LogP) is 3.28. The summed E-state index contributed by atoms with van der Waals surface area (Å²) in [7, 11) is 1.85. The van der Waals surface area contributed by atoms with E-state index >= 15 is 0 Å². The first-order valence-electron chi connectivity index (χ1n) is 8.42. The summed E-state index contributed by atoms with van der Waals surface area (Å²) in [5.41, 5.74) is 0. The van der Waals surface area contributed by atoms with Crippen molar-refractivity contribution < 1.29 is 0 Å². The molecule has 1 aromatic heterocycles. The first-order chi connectivity index (χ1) is 11.2. The van der Waals surface area contributed by atoms with Crippen molar-refractivity contribution in [3.8, 4) is 0 Å². The van der Waals surface area contributed by atoms with Crippen molar-refractivity contribution in [2.75, 3.05) is 32.4 Å². The molecule has 5 nitrogen and oxygen atoms in total. The minimum Gasteiger partial charge on any atom is -0.356 e. The van der Waals surface area contributed by atoms with Crippen molar-refractivity contribution in [1.29, 1.82) is 0 Å². The normalized spacial score (nSPS) is 16.9. The zero-order valence-electron chi connectivity index (χ0n) is 14.8. The summed E-state index contributed by atoms with van der Waals surface area (Å²) in [6, 6.07) is 1.20. The van der Waals surface area contributed by atoms with Gasteiger partial charge in [0.25, 0.3) is 0 Å². The molecular weight excluding hydrogens is 453 g/mol. The molecule has 0 bridgehead atoms. The van der Waals surface area contributed by atoms with Crippen LogP contribution in [0, 0.1) is 0 Å². The lowest BCUT2D eigenvalue weighted by Gasteiger charge is -2.35. The lowest BCUT2D eigenvalue weighted by Crippen LogP contribution is -2.50. The highest BCUT2D eigenvalue weighted by atomic mass is 127. The highest BCUT2D eigenvalue weighted by molar-refractivity contribution is 14.0. The summed E-state index contributed by atoms with van der Waals surface area (Å²) >= 11 is 3.54. The van der Waals surface area contributed by atoms with Crippen molar-refractivity contribution in [3.63, 3.8) is 0 Å². The van der Waals surface area contributed by atoms with E-state index in [1.54, 1.807) is 11.3 Å². The number of thioether (sulfide) groups is 1. The third-order valence-electron chi connectivity index (χ3n) is 4.07. The molecule has 0 saturated carbocycles. The smallest absolute Gasteiger partial charge is 0.191 e. The summed E-state index contributed by atoms with van der Waals surface area (Å²) in [5, 5.41) is 9.02. The maximum absolute atomic E-state index is 4.35. The van der Waals surface area contributed by atoms with Crippen LogP contribution in [-0.2, 0) is 0 Å². The Bertz CT molecular complexity index is 459. The van der Waals surface area contributed by atoms with Crippen molar-refractivity contribution >= 4 is 53.0 Å². The lowest BCUT2D eigenvalue weighted by atomic mass is 10.0. The maximum Gasteiger partial charge on any atom is 0.191 e. The van der Waals surface area contributed by atoms with Crippen molar-refractivity contribution in [3.05, 3.63) is 11.6 Å². The number of rotatable bonds is 7. The summed E-state index contributed by atoms with van der Waals surface area (Å²) in [6.45, 7) is 7.85. The van der Waals surface area contributed by atoms with Gasteiger partial charge in [-0.1, -0.05) is 11.8 Å². The van der Waals surface area contributed by atoms with Crippen LogP contribution in [0.2, 0.25) is 0 Å². The summed E-state index contributed by atoms with van der Waals surface area (Å²) in [4.78, 5) is 11.2. The van der Waals surface area contributed by atoms with Gasteiger partial charge in [0.15, 0.2) is 5.96 Å². The molecule has 1 fully saturated rings. The van der Waals surface area contributed by atoms with Crippen LogP contribution in [0.25, 0.3) is 0 Å². The molecule has 24 heavy (non-hydrogen) atoms. The van der Waals surface area contributed by atoms with Gasteiger partial charge >= 0.3 is 0 Å². The molecule has 1 aliphatic rings. The zero-order valence-corrected chi connectivity index (χ0v) is 18.8. The molecule has 0 radical (unpaired) electrons. The number of piperidine rings is 1. The van der Waals surface area contributed by atoms with Gasteiger partial charge in [-0.15, -0.1) is 35.3 Å². The van der Waals surface area contributed by atoms with Crippen LogP contribution in [0.15, 0.2) is 20.9 Å². The second kappa shape index (κ2) is 12.3. The fourth-order valence-electron chi connectivity index (χ4n) is 2.67. The topological polar surface area (TPSA) is 52.6 Å². The maximum atomic E-state index is 4.35. The molecular formula is C16H30IN5S2. The van der Waals surface area contributed by atoms with Gasteiger partial charge in [0.2, 0.25) is 0 Å². The number of nitrogens with one attached hydrogen (secondary N) is 2. The molecule has 0 spiro atoms. The lowest BCUT2D eigenvalue weighted by molar-refractivity contribution is 0.167. The number of thiazole rings is 1. The monoisotopic (exact) mass is 483 g/mol. The van der Waals surface area contributed by atoms with Crippen LogP contribution in [0.4, 0.5) is 0 Å². The zero-order chi connectivity index (χ0) is 16.5. The summed E-state index contributed by atoms with van der Waals surface area (Å²) < 4.78 is 1.16. The predicted molar refractivity (Wildman–Crippen MR) is 117 cm³/mol. The van der Waals surface area contributed by atoms with Gasteiger partial charge in [0, 0.05) is 56.1 Å². The Morgan fingerprint density at radius 2 is 2.21 bits per heavy atom. The van der Waals surface area contributed by atoms with Crippen LogP contribution < -0.4 is 10.6 Å². The minimum atomic E-state index is 0. The van der Waals surface area contributed by atoms with Crippen molar-refractivity contribution in [2.45, 2.75) is 49.5 Å². The van der Waals surface area contributed by atoms with Gasteiger partial charge in [-0.2, -0.15) is 0 Å². The van der Waals surface area contributed by atoms with E-state index in [4.69, 9.17) is 0 Å². The first-order valence-corrected chi connectivity index (χ1v) is 10.3. The molecule has 2 heterocycles. The molecule has 2 rings (SSSR count). The average Bonchev–Trinajstić information content (AvgIpc) is 3.07. The Kier molecular flexibility index (Phi) is 11.3. The van der Waals surface area contributed by atoms with Crippen molar-refractivity contribution in [2.24, 2.45) is 4.99 Å². The molecule has 138 valence electrons. The molecule has 0 amide bonds. The van der Waals surface area contributed by atoms with Gasteiger partial charge in [0.1, 0.15) is 4.34 Å². The fraction of sp³-hybridized carbons (Fsp3) is 0.750. The van der Waals surface area contributed by atoms with E-state index in [0.717, 1.165) is 29.0 Å². The van der Waals surface area contributed by atoms with E-state index in [1.165, 1.54) is 25.9 Å². The number of hydrogen-bond donors (Lipinski definition) is 2. The Morgan fingerprint density at radius 1 is 1.46 bits per heavy atom. The van der Waals surface area contributed by atoms with E-state index in [9.17, 15) is 0 Å². The van der Waals surface area contributed by atoms with Crippen LogP contribution in [0.5, 0.6) is 0 Å². The van der Waals surface area contributed by atoms with Gasteiger partial charge in [-0.25, -0.2) is 4.98 Å². The minimum absolute atomic E-state index is 0. The van der Waals surface area contributed by atoms with E-state index in [1.807, 2.05) is 30.4 Å². The SMILES string of the molecule is CN=C(NCCCSc1nccs1)NC1CCN(C(C)C)CC1.I. The molecule has 1 saturated heterocycles. The second-order valence-corrected chi connectivity index (χ2v) is 8.28. The van der Waals surface area contributed by atoms with Gasteiger partial charge in [0.05, 0.1) is 0 Å². The van der Waals surface area contributed by atoms with E-state index in [2.05, 4.69) is 39.4 Å². The molecule has 0 aromatic carbocycles. The number of guanidine groups is 1. The van der Waals surface area contributed by atoms with Crippen LogP contribution in [-0.4, -0.2) is 60.4 Å². The van der Waals surface area contributed by atoms with E-state index in [-0.39, 0.29) is 24.0 Å². The Hall–Kier alpha value is -0.0600. The van der Waals surface area contributed by atoms with Crippen LogP contribution in [0.3, 0.4) is 0 Å². The molecule has 1 aromatic rings. The molecule has 8 heteroatoms. The molecule has 0 unspecified atom stereocenters. The number of nitrogens with zero attached hydrogens (tertiary/aromatic N) is 3. The number of likely N-dealkylation sites (tertiary alicyclic amines) is 1. The number of aliphatic imine (C=N–C) groups is 1.